The van der Waals surface area contributed by atoms with Crippen LogP contribution in [0.25, 0.3) is 22.3 Å². The Morgan fingerprint density at radius 1 is 1.45 bits per heavy atom. The highest BCUT2D eigenvalue weighted by molar-refractivity contribution is 9.10. The molecule has 3 rings (SSSR count). The first-order valence-corrected chi connectivity index (χ1v) is 6.53. The van der Waals surface area contributed by atoms with Crippen molar-refractivity contribution < 1.29 is 17.2 Å². The molecular formula is C10H3BrF3N3O2S. The van der Waals surface area contributed by atoms with E-state index in [0.29, 0.717) is 0 Å². The van der Waals surface area contributed by atoms with Gasteiger partial charge in [-0.3, -0.25) is 13.5 Å². The van der Waals surface area contributed by atoms with Gasteiger partial charge in [-0.2, -0.15) is 0 Å². The van der Waals surface area contributed by atoms with Crippen molar-refractivity contribution in [1.82, 2.24) is 14.1 Å². The average Bonchev–Trinajstić information content (AvgIpc) is 2.99. The van der Waals surface area contributed by atoms with E-state index in [0.717, 1.165) is 10.0 Å². The zero-order chi connectivity index (χ0) is 14.4. The van der Waals surface area contributed by atoms with Crippen LogP contribution in [0.5, 0.6) is 0 Å². The minimum atomic E-state index is -0.924. The second kappa shape index (κ2) is 4.70. The van der Waals surface area contributed by atoms with Crippen molar-refractivity contribution in [3.8, 4) is 11.4 Å². The number of H-pyrrole nitrogens is 1. The second-order valence-corrected chi connectivity index (χ2v) is 5.09. The molecule has 2 aromatic heterocycles. The molecule has 5 nitrogen and oxygen atoms in total. The molecule has 10 heteroatoms. The van der Waals surface area contributed by atoms with Crippen molar-refractivity contribution in [3.63, 3.8) is 0 Å². The van der Waals surface area contributed by atoms with Crippen molar-refractivity contribution in [2.45, 2.75) is 0 Å². The van der Waals surface area contributed by atoms with Gasteiger partial charge in [-0.1, -0.05) is 5.16 Å². The summed E-state index contributed by atoms with van der Waals surface area (Å²) < 4.78 is 45.4. The minimum Gasteiger partial charge on any atom is -0.296 e. The highest BCUT2D eigenvalue weighted by atomic mass is 79.9. The highest BCUT2D eigenvalue weighted by Crippen LogP contribution is 2.37. The Morgan fingerprint density at radius 3 is 2.80 bits per heavy atom. The van der Waals surface area contributed by atoms with E-state index in [1.54, 1.807) is 0 Å². The topological polar surface area (TPSA) is 63.8 Å². The number of fused-ring (bicyclic) bond motifs is 1. The first-order chi connectivity index (χ1) is 9.52. The lowest BCUT2D eigenvalue weighted by Crippen LogP contribution is -1.95. The Bertz CT molecular complexity index is 873. The molecule has 20 heavy (non-hydrogen) atoms. The summed E-state index contributed by atoms with van der Waals surface area (Å²) in [5, 5.41) is 3.32. The van der Waals surface area contributed by atoms with Gasteiger partial charge in [0, 0.05) is 17.6 Å². The minimum absolute atomic E-state index is 0.0328. The molecule has 0 spiro atoms. The van der Waals surface area contributed by atoms with Gasteiger partial charge in [-0.15, -0.1) is 3.89 Å². The molecule has 0 aliphatic carbocycles. The summed E-state index contributed by atoms with van der Waals surface area (Å²) in [4.78, 5) is 13.2. The lowest BCUT2D eigenvalue weighted by atomic mass is 10.1. The highest BCUT2D eigenvalue weighted by Gasteiger charge is 2.22. The SMILES string of the molecule is O=c1[nH]c(-c2cn(SF)c3cc(F)c(Br)c(F)c23)no1. The van der Waals surface area contributed by atoms with Gasteiger partial charge in [0.1, 0.15) is 11.6 Å². The normalized spacial score (nSPS) is 11.4. The van der Waals surface area contributed by atoms with Gasteiger partial charge in [0.2, 0.25) is 0 Å². The first kappa shape index (κ1) is 13.3. The predicted octanol–water partition coefficient (Wildman–Crippen LogP) is 3.41. The third kappa shape index (κ3) is 1.86. The van der Waals surface area contributed by atoms with E-state index in [2.05, 4.69) is 30.6 Å². The van der Waals surface area contributed by atoms with Gasteiger partial charge in [0.05, 0.1) is 15.6 Å². The Morgan fingerprint density at radius 2 is 2.20 bits per heavy atom. The molecule has 0 saturated carbocycles. The molecule has 0 aliphatic rings. The fourth-order valence-electron chi connectivity index (χ4n) is 1.85. The Kier molecular flexibility index (Phi) is 3.13. The van der Waals surface area contributed by atoms with Gasteiger partial charge >= 0.3 is 5.76 Å². The lowest BCUT2D eigenvalue weighted by molar-refractivity contribution is 0.388. The quantitative estimate of drug-likeness (QED) is 0.707. The Hall–Kier alpha value is -1.68. The van der Waals surface area contributed by atoms with Crippen LogP contribution in [-0.2, 0) is 0 Å². The fourth-order valence-corrected chi connectivity index (χ4v) is 2.52. The monoisotopic (exact) mass is 365 g/mol. The number of hydrogen-bond donors (Lipinski definition) is 1. The largest absolute Gasteiger partial charge is 0.439 e. The summed E-state index contributed by atoms with van der Waals surface area (Å²) in [7, 11) is 0. The zero-order valence-electron chi connectivity index (χ0n) is 9.29. The zero-order valence-corrected chi connectivity index (χ0v) is 11.7. The van der Waals surface area contributed by atoms with E-state index in [1.807, 2.05) is 0 Å². The number of nitrogens with one attached hydrogen (secondary N) is 1. The molecule has 0 amide bonds. The van der Waals surface area contributed by atoms with Gasteiger partial charge < -0.3 is 0 Å². The van der Waals surface area contributed by atoms with Gasteiger partial charge in [-0.25, -0.2) is 13.6 Å². The number of rotatable bonds is 2. The van der Waals surface area contributed by atoms with Crippen molar-refractivity contribution in [3.05, 3.63) is 38.9 Å². The van der Waals surface area contributed by atoms with Crippen LogP contribution in [0, 0.1) is 11.6 Å². The maximum Gasteiger partial charge on any atom is 0.439 e. The lowest BCUT2D eigenvalue weighted by Gasteiger charge is -2.01. The molecule has 0 bridgehead atoms. The summed E-state index contributed by atoms with van der Waals surface area (Å²) in [6.07, 6.45) is 1.18. The standard InChI is InChI=1S/C10H3BrF3N3O2S/c11-7-4(12)1-5-6(8(7)13)3(2-17(5)20-14)9-15-10(18)19-16-9/h1-2H,(H,15,16,18). The fraction of sp³-hybridized carbons (Fsp3) is 0. The van der Waals surface area contributed by atoms with Gasteiger partial charge in [0.25, 0.3) is 0 Å². The molecule has 2 heterocycles. The van der Waals surface area contributed by atoms with E-state index in [-0.39, 0.29) is 34.6 Å². The van der Waals surface area contributed by atoms with Crippen molar-refractivity contribution in [1.29, 1.82) is 0 Å². The molecule has 0 atom stereocenters. The van der Waals surface area contributed by atoms with E-state index in [9.17, 15) is 17.5 Å². The average molecular weight is 366 g/mol. The molecule has 104 valence electrons. The molecule has 0 fully saturated rings. The maximum atomic E-state index is 14.2. The summed E-state index contributed by atoms with van der Waals surface area (Å²) >= 11 is 2.53. The van der Waals surface area contributed by atoms with Crippen molar-refractivity contribution >= 4 is 39.2 Å². The van der Waals surface area contributed by atoms with Crippen LogP contribution >= 0.6 is 28.3 Å². The summed E-state index contributed by atoms with van der Waals surface area (Å²) in [6.45, 7) is 0. The van der Waals surface area contributed by atoms with Crippen LogP contribution in [0.2, 0.25) is 0 Å². The molecule has 0 saturated heterocycles. The molecule has 0 aliphatic heterocycles. The third-order valence-electron chi connectivity index (χ3n) is 2.66. The number of benzene rings is 1. The molecule has 0 unspecified atom stereocenters. The first-order valence-electron chi connectivity index (χ1n) is 5.07. The molecule has 3 aromatic rings. The van der Waals surface area contributed by atoms with Gasteiger partial charge in [0.15, 0.2) is 18.2 Å². The predicted molar refractivity (Wildman–Crippen MR) is 69.8 cm³/mol. The Balaban J connectivity index is 2.44. The number of hydrogen-bond acceptors (Lipinski definition) is 4. The molecule has 0 radical (unpaired) electrons. The Labute approximate surface area is 121 Å². The van der Waals surface area contributed by atoms with E-state index in [4.69, 9.17) is 0 Å². The van der Waals surface area contributed by atoms with Crippen LogP contribution in [0.15, 0.2) is 26.1 Å². The number of aromatic nitrogens is 3. The van der Waals surface area contributed by atoms with Crippen LogP contribution in [0.1, 0.15) is 0 Å². The summed E-state index contributed by atoms with van der Waals surface area (Å²) in [5.74, 6) is -2.71. The van der Waals surface area contributed by atoms with Crippen LogP contribution in [0.3, 0.4) is 0 Å². The van der Waals surface area contributed by atoms with Crippen molar-refractivity contribution in [2.24, 2.45) is 0 Å². The molecular weight excluding hydrogens is 363 g/mol. The molecule has 1 aromatic carbocycles. The maximum absolute atomic E-state index is 14.2. The smallest absolute Gasteiger partial charge is 0.296 e. The summed E-state index contributed by atoms with van der Waals surface area (Å²) in [5.41, 5.74) is 0.0451. The number of aromatic amines is 1. The van der Waals surface area contributed by atoms with Crippen LogP contribution in [-0.4, -0.2) is 14.1 Å². The van der Waals surface area contributed by atoms with E-state index >= 15 is 0 Å². The van der Waals surface area contributed by atoms with E-state index < -0.39 is 21.9 Å². The van der Waals surface area contributed by atoms with Gasteiger partial charge in [-0.05, 0) is 15.9 Å². The second-order valence-electron chi connectivity index (χ2n) is 3.76. The molecule has 1 N–H and O–H groups in total. The number of halogens is 4. The van der Waals surface area contributed by atoms with Crippen LogP contribution in [0.4, 0.5) is 12.7 Å². The third-order valence-corrected chi connectivity index (χ3v) is 3.84. The summed E-state index contributed by atoms with van der Waals surface area (Å²) in [6, 6.07) is 0.969. The van der Waals surface area contributed by atoms with Crippen LogP contribution < -0.4 is 5.76 Å². The van der Waals surface area contributed by atoms with Crippen molar-refractivity contribution in [2.75, 3.05) is 0 Å². The number of nitrogens with zero attached hydrogens (tertiary/aromatic N) is 2. The van der Waals surface area contributed by atoms with E-state index in [1.165, 1.54) is 6.20 Å².